The third-order valence-corrected chi connectivity index (χ3v) is 5.65. The number of benzene rings is 2. The highest BCUT2D eigenvalue weighted by Crippen LogP contribution is 2.56. The van der Waals surface area contributed by atoms with Crippen molar-refractivity contribution in [3.8, 4) is 0 Å². The number of carbonyl (C=O) groups is 2. The molecule has 0 radical (unpaired) electrons. The van der Waals surface area contributed by atoms with E-state index in [9.17, 15) is 19.2 Å². The maximum absolute atomic E-state index is 13.2. The Morgan fingerprint density at radius 2 is 1.17 bits per heavy atom. The zero-order valence-corrected chi connectivity index (χ0v) is 16.1. The molecule has 0 saturated heterocycles. The highest BCUT2D eigenvalue weighted by molar-refractivity contribution is 6.09. The minimum atomic E-state index is -0.609. The molecule has 3 aromatic rings. The highest BCUT2D eigenvalue weighted by atomic mass is 16.2. The molecule has 0 bridgehead atoms. The Labute approximate surface area is 167 Å². The summed E-state index contributed by atoms with van der Waals surface area (Å²) in [5, 5.41) is 0. The average Bonchev–Trinajstić information content (AvgIpc) is 3.50. The van der Waals surface area contributed by atoms with E-state index in [4.69, 9.17) is 0 Å². The Kier molecular flexibility index (Phi) is 4.62. The molecular formula is C23H20N2O4. The fourth-order valence-electron chi connectivity index (χ4n) is 3.99. The maximum Gasteiger partial charge on any atom is 0.330 e. The van der Waals surface area contributed by atoms with Crippen molar-refractivity contribution in [2.24, 2.45) is 25.9 Å². The number of rotatable bonds is 5. The number of ketones is 2. The maximum atomic E-state index is 13.2. The Morgan fingerprint density at radius 1 is 0.724 bits per heavy atom. The molecule has 146 valence electrons. The predicted molar refractivity (Wildman–Crippen MR) is 108 cm³/mol. The van der Waals surface area contributed by atoms with Crippen molar-refractivity contribution in [1.82, 2.24) is 9.13 Å². The van der Waals surface area contributed by atoms with Crippen LogP contribution in [0.5, 0.6) is 0 Å². The summed E-state index contributed by atoms with van der Waals surface area (Å²) in [4.78, 5) is 50.9. The molecule has 3 atom stereocenters. The zero-order chi connectivity index (χ0) is 20.7. The number of carbonyl (C=O) groups excluding carboxylic acids is 2. The van der Waals surface area contributed by atoms with E-state index >= 15 is 0 Å². The molecule has 4 rings (SSSR count). The second-order valence-electron chi connectivity index (χ2n) is 7.35. The predicted octanol–water partition coefficient (Wildman–Crippen LogP) is 2.18. The third kappa shape index (κ3) is 3.16. The lowest BCUT2D eigenvalue weighted by molar-refractivity contribution is 0.0906. The fraction of sp³-hybridized carbons (Fsp3) is 0.217. The van der Waals surface area contributed by atoms with E-state index in [-0.39, 0.29) is 11.6 Å². The summed E-state index contributed by atoms with van der Waals surface area (Å²) in [6, 6.07) is 18.9. The standard InChI is InChI=1S/C23H20N2O4/c1-24-16(13-17(26)25(2)23(24)29)18-19(21(27)14-9-5-3-6-10-14)20(18)22(28)15-11-7-4-8-12-15/h3-13,18-20H,1-2H3/t18?,19-,20+. The van der Waals surface area contributed by atoms with Gasteiger partial charge >= 0.3 is 5.69 Å². The first-order valence-corrected chi connectivity index (χ1v) is 9.37. The van der Waals surface area contributed by atoms with Crippen LogP contribution in [0.4, 0.5) is 0 Å². The first kappa shape index (κ1) is 18.8. The van der Waals surface area contributed by atoms with Crippen molar-refractivity contribution in [3.05, 3.63) is 104 Å². The van der Waals surface area contributed by atoms with E-state index in [1.807, 2.05) is 12.1 Å². The Hall–Kier alpha value is -3.54. The lowest BCUT2D eigenvalue weighted by atomic mass is 10.0. The van der Waals surface area contributed by atoms with Crippen LogP contribution in [0.15, 0.2) is 76.3 Å². The molecule has 0 aliphatic heterocycles. The molecule has 1 aliphatic carbocycles. The van der Waals surface area contributed by atoms with E-state index in [1.54, 1.807) is 55.6 Å². The van der Waals surface area contributed by atoms with Crippen LogP contribution in [0.3, 0.4) is 0 Å². The van der Waals surface area contributed by atoms with Crippen molar-refractivity contribution in [1.29, 1.82) is 0 Å². The summed E-state index contributed by atoms with van der Waals surface area (Å²) in [5.41, 5.74) is 0.518. The fourth-order valence-corrected chi connectivity index (χ4v) is 3.99. The van der Waals surface area contributed by atoms with Crippen LogP contribution in [0.1, 0.15) is 32.3 Å². The zero-order valence-electron chi connectivity index (χ0n) is 16.1. The van der Waals surface area contributed by atoms with Gasteiger partial charge in [0.05, 0.1) is 0 Å². The van der Waals surface area contributed by atoms with Crippen molar-refractivity contribution in [2.45, 2.75) is 5.92 Å². The highest BCUT2D eigenvalue weighted by Gasteiger charge is 2.60. The molecular weight excluding hydrogens is 368 g/mol. The molecule has 6 heteroatoms. The van der Waals surface area contributed by atoms with E-state index in [2.05, 4.69) is 0 Å². The van der Waals surface area contributed by atoms with Crippen molar-refractivity contribution >= 4 is 11.6 Å². The van der Waals surface area contributed by atoms with E-state index in [0.29, 0.717) is 16.8 Å². The number of hydrogen-bond acceptors (Lipinski definition) is 4. The molecule has 1 aliphatic rings. The minimum absolute atomic E-state index is 0.155. The Balaban J connectivity index is 1.80. The van der Waals surface area contributed by atoms with Gasteiger partial charge in [0, 0.05) is 54.7 Å². The summed E-state index contributed by atoms with van der Waals surface area (Å²) in [6.45, 7) is 0. The molecule has 1 aromatic heterocycles. The van der Waals surface area contributed by atoms with E-state index in [0.717, 1.165) is 4.57 Å². The summed E-state index contributed by atoms with van der Waals surface area (Å²) in [6.07, 6.45) is 0. The Morgan fingerprint density at radius 3 is 1.62 bits per heavy atom. The second-order valence-corrected chi connectivity index (χ2v) is 7.35. The molecule has 0 spiro atoms. The largest absolute Gasteiger partial charge is 0.330 e. The van der Waals surface area contributed by atoms with E-state index in [1.165, 1.54) is 17.7 Å². The van der Waals surface area contributed by atoms with E-state index < -0.39 is 29.0 Å². The normalized spacial score (nSPS) is 20.3. The van der Waals surface area contributed by atoms with Crippen LogP contribution >= 0.6 is 0 Å². The summed E-state index contributed by atoms with van der Waals surface area (Å²) in [7, 11) is 2.96. The van der Waals surface area contributed by atoms with Gasteiger partial charge in [-0.1, -0.05) is 60.7 Å². The van der Waals surface area contributed by atoms with Gasteiger partial charge in [-0.15, -0.1) is 0 Å². The van der Waals surface area contributed by atoms with Gasteiger partial charge in [0.1, 0.15) is 0 Å². The van der Waals surface area contributed by atoms with Gasteiger partial charge in [-0.2, -0.15) is 0 Å². The molecule has 2 aromatic carbocycles. The summed E-state index contributed by atoms with van der Waals surface area (Å²) >= 11 is 0. The van der Waals surface area contributed by atoms with Gasteiger partial charge < -0.3 is 4.57 Å². The minimum Gasteiger partial charge on any atom is -0.300 e. The molecule has 0 amide bonds. The molecule has 0 N–H and O–H groups in total. The van der Waals surface area contributed by atoms with Crippen LogP contribution < -0.4 is 11.2 Å². The first-order valence-electron chi connectivity index (χ1n) is 9.37. The lowest BCUT2D eigenvalue weighted by Gasteiger charge is -2.09. The van der Waals surface area contributed by atoms with Crippen LogP contribution in [0.2, 0.25) is 0 Å². The summed E-state index contributed by atoms with van der Waals surface area (Å²) in [5.74, 6) is -2.04. The van der Waals surface area contributed by atoms with Gasteiger partial charge in [-0.25, -0.2) is 4.79 Å². The monoisotopic (exact) mass is 388 g/mol. The van der Waals surface area contributed by atoms with Gasteiger partial charge in [0.15, 0.2) is 11.6 Å². The van der Waals surface area contributed by atoms with Crippen LogP contribution in [-0.4, -0.2) is 20.7 Å². The van der Waals surface area contributed by atoms with Crippen LogP contribution in [0.25, 0.3) is 0 Å². The lowest BCUT2D eigenvalue weighted by Crippen LogP contribution is -2.38. The van der Waals surface area contributed by atoms with Crippen molar-refractivity contribution in [2.75, 3.05) is 0 Å². The quantitative estimate of drug-likeness (QED) is 0.628. The molecule has 1 saturated carbocycles. The SMILES string of the molecule is Cn1c(C2[C@@H](C(=O)c3ccccc3)[C@H]2C(=O)c2ccccc2)cc(=O)n(C)c1=O. The van der Waals surface area contributed by atoms with Gasteiger partial charge in [-0.3, -0.25) is 19.0 Å². The first-order chi connectivity index (χ1) is 13.9. The van der Waals surface area contributed by atoms with Crippen molar-refractivity contribution < 1.29 is 9.59 Å². The van der Waals surface area contributed by atoms with Crippen molar-refractivity contribution in [3.63, 3.8) is 0 Å². The number of nitrogens with zero attached hydrogens (tertiary/aromatic N) is 2. The van der Waals surface area contributed by atoms with Gasteiger partial charge in [0.2, 0.25) is 0 Å². The molecule has 1 heterocycles. The number of Topliss-reactive ketones (excluding diaryl/α,β-unsaturated/α-hetero) is 2. The smallest absolute Gasteiger partial charge is 0.300 e. The van der Waals surface area contributed by atoms with Gasteiger partial charge in [-0.05, 0) is 0 Å². The molecule has 1 unspecified atom stereocenters. The average molecular weight is 388 g/mol. The Bertz CT molecular complexity index is 1150. The summed E-state index contributed by atoms with van der Waals surface area (Å²) < 4.78 is 2.36. The molecule has 1 fully saturated rings. The third-order valence-electron chi connectivity index (χ3n) is 5.65. The number of aromatic nitrogens is 2. The molecule has 29 heavy (non-hydrogen) atoms. The van der Waals surface area contributed by atoms with Crippen LogP contribution in [0, 0.1) is 11.8 Å². The number of hydrogen-bond donors (Lipinski definition) is 0. The van der Waals surface area contributed by atoms with Gasteiger partial charge in [0.25, 0.3) is 5.56 Å². The molecule has 6 nitrogen and oxygen atoms in total. The topological polar surface area (TPSA) is 78.1 Å². The van der Waals surface area contributed by atoms with Crippen LogP contribution in [-0.2, 0) is 14.1 Å². The second kappa shape index (κ2) is 7.13.